The van der Waals surface area contributed by atoms with Crippen molar-refractivity contribution in [1.82, 2.24) is 0 Å². The molecule has 0 aliphatic carbocycles. The molecule has 0 fully saturated rings. The van der Waals surface area contributed by atoms with Crippen LogP contribution in [0, 0.1) is 12.3 Å². The van der Waals surface area contributed by atoms with Crippen LogP contribution >= 0.6 is 11.6 Å². The van der Waals surface area contributed by atoms with E-state index in [4.69, 9.17) is 27.5 Å². The molecule has 1 atom stereocenters. The molecular weight excluding hydrogens is 392 g/mol. The summed E-state index contributed by atoms with van der Waals surface area (Å²) >= 11 is 6.38. The third kappa shape index (κ3) is 5.59. The Balaban J connectivity index is 1.64. The lowest BCUT2D eigenvalue weighted by atomic mass is 9.78. The molecule has 0 saturated heterocycles. The van der Waals surface area contributed by atoms with Crippen molar-refractivity contribution >= 4 is 11.6 Å². The third-order valence-corrected chi connectivity index (χ3v) is 5.50. The first-order chi connectivity index (χ1) is 14.5. The van der Waals surface area contributed by atoms with Gasteiger partial charge >= 0.3 is 0 Å². The summed E-state index contributed by atoms with van der Waals surface area (Å²) in [4.78, 5) is 0. The topological polar surface area (TPSA) is 18.5 Å². The Morgan fingerprint density at radius 2 is 1.73 bits per heavy atom. The molecule has 0 saturated carbocycles. The molecule has 3 aromatic rings. The lowest BCUT2D eigenvalue weighted by Crippen LogP contribution is -2.19. The first-order valence-corrected chi connectivity index (χ1v) is 10.6. The zero-order valence-electron chi connectivity index (χ0n) is 17.5. The molecule has 0 aromatic heterocycles. The average molecular weight is 419 g/mol. The fourth-order valence-corrected chi connectivity index (χ4v) is 3.69. The normalized spacial score (nSPS) is 12.6. The molecule has 0 amide bonds. The summed E-state index contributed by atoms with van der Waals surface area (Å²) in [5.41, 5.74) is 1.89. The number of ether oxygens (including phenoxy) is 2. The Kier molecular flexibility index (Phi) is 7.44. The molecular formula is C27H27ClO2. The summed E-state index contributed by atoms with van der Waals surface area (Å²) < 4.78 is 11.5. The lowest BCUT2D eigenvalue weighted by Gasteiger charge is -2.25. The van der Waals surface area contributed by atoms with Gasteiger partial charge in [-0.15, -0.1) is 6.42 Å². The van der Waals surface area contributed by atoms with Crippen LogP contribution in [-0.4, -0.2) is 6.61 Å². The standard InChI is InChI=1S/C27H27ClO2/c1-4-27(3,22-16-17-26(29-5-2)25(28)20-22)18-10-12-21-11-9-15-24(19-21)30-23-13-7-6-8-14-23/h1,6-9,11,13-17,19-20H,5,10,12,18H2,2-3H3. The molecule has 154 valence electrons. The van der Waals surface area contributed by atoms with Crippen molar-refractivity contribution in [3.05, 3.63) is 88.9 Å². The monoisotopic (exact) mass is 418 g/mol. The van der Waals surface area contributed by atoms with Crippen LogP contribution < -0.4 is 9.47 Å². The van der Waals surface area contributed by atoms with Crippen LogP contribution in [0.4, 0.5) is 0 Å². The Morgan fingerprint density at radius 3 is 2.43 bits per heavy atom. The number of halogens is 1. The van der Waals surface area contributed by atoms with Crippen LogP contribution in [0.1, 0.15) is 37.8 Å². The van der Waals surface area contributed by atoms with E-state index in [1.807, 2.05) is 67.6 Å². The fraction of sp³-hybridized carbons (Fsp3) is 0.259. The Morgan fingerprint density at radius 1 is 0.967 bits per heavy atom. The van der Waals surface area contributed by atoms with Crippen molar-refractivity contribution in [2.75, 3.05) is 6.61 Å². The second-order valence-corrected chi connectivity index (χ2v) is 7.88. The zero-order valence-corrected chi connectivity index (χ0v) is 18.3. The van der Waals surface area contributed by atoms with Crippen molar-refractivity contribution in [2.45, 2.75) is 38.5 Å². The van der Waals surface area contributed by atoms with E-state index >= 15 is 0 Å². The van der Waals surface area contributed by atoms with Gasteiger partial charge in [0, 0.05) is 0 Å². The van der Waals surface area contributed by atoms with Gasteiger partial charge in [-0.2, -0.15) is 0 Å². The lowest BCUT2D eigenvalue weighted by molar-refractivity contribution is 0.340. The minimum Gasteiger partial charge on any atom is -0.492 e. The number of rotatable bonds is 9. The molecule has 0 spiro atoms. The number of hydrogen-bond acceptors (Lipinski definition) is 2. The van der Waals surface area contributed by atoms with Crippen LogP contribution in [-0.2, 0) is 11.8 Å². The summed E-state index contributed by atoms with van der Waals surface area (Å²) in [6, 6.07) is 23.9. The van der Waals surface area contributed by atoms with Crippen molar-refractivity contribution in [3.63, 3.8) is 0 Å². The van der Waals surface area contributed by atoms with Crippen LogP contribution in [0.3, 0.4) is 0 Å². The van der Waals surface area contributed by atoms with E-state index in [9.17, 15) is 0 Å². The number of benzene rings is 3. The van der Waals surface area contributed by atoms with Gasteiger partial charge in [-0.3, -0.25) is 0 Å². The molecule has 3 heteroatoms. The van der Waals surface area contributed by atoms with Crippen LogP contribution in [0.5, 0.6) is 17.2 Å². The number of terminal acetylenes is 1. The van der Waals surface area contributed by atoms with Crippen LogP contribution in [0.25, 0.3) is 0 Å². The highest BCUT2D eigenvalue weighted by Crippen LogP contribution is 2.34. The second kappa shape index (κ2) is 10.2. The molecule has 0 aliphatic heterocycles. The first kappa shape index (κ1) is 21.8. The SMILES string of the molecule is C#CC(C)(CCCc1cccc(Oc2ccccc2)c1)c1ccc(OCC)c(Cl)c1. The molecule has 2 nitrogen and oxygen atoms in total. The van der Waals surface area contributed by atoms with E-state index in [-0.39, 0.29) is 5.41 Å². The van der Waals surface area contributed by atoms with Crippen molar-refractivity contribution in [1.29, 1.82) is 0 Å². The number of aryl methyl sites for hydroxylation is 1. The largest absolute Gasteiger partial charge is 0.492 e. The number of para-hydroxylation sites is 1. The van der Waals surface area contributed by atoms with E-state index in [0.717, 1.165) is 36.3 Å². The quantitative estimate of drug-likeness (QED) is 0.336. The average Bonchev–Trinajstić information content (AvgIpc) is 2.76. The molecule has 0 aliphatic rings. The minimum atomic E-state index is -0.382. The van der Waals surface area contributed by atoms with E-state index in [2.05, 4.69) is 25.0 Å². The predicted octanol–water partition coefficient (Wildman–Crippen LogP) is 7.44. The van der Waals surface area contributed by atoms with Gasteiger partial charge in [0.25, 0.3) is 0 Å². The Hall–Kier alpha value is -2.89. The molecule has 3 aromatic carbocycles. The first-order valence-electron chi connectivity index (χ1n) is 10.3. The maximum atomic E-state index is 6.38. The molecule has 0 N–H and O–H groups in total. The molecule has 0 bridgehead atoms. The van der Waals surface area contributed by atoms with E-state index < -0.39 is 0 Å². The van der Waals surface area contributed by atoms with Gasteiger partial charge in [-0.25, -0.2) is 0 Å². The Labute approximate surface area is 184 Å². The molecule has 1 unspecified atom stereocenters. The summed E-state index contributed by atoms with van der Waals surface area (Å²) in [7, 11) is 0. The highest BCUT2D eigenvalue weighted by molar-refractivity contribution is 6.32. The highest BCUT2D eigenvalue weighted by Gasteiger charge is 2.24. The van der Waals surface area contributed by atoms with Crippen molar-refractivity contribution < 1.29 is 9.47 Å². The maximum Gasteiger partial charge on any atom is 0.137 e. The minimum absolute atomic E-state index is 0.382. The fourth-order valence-electron chi connectivity index (χ4n) is 3.45. The van der Waals surface area contributed by atoms with Crippen LogP contribution in [0.15, 0.2) is 72.8 Å². The summed E-state index contributed by atoms with van der Waals surface area (Å²) in [5.74, 6) is 5.35. The Bertz CT molecular complexity index is 1010. The summed E-state index contributed by atoms with van der Waals surface area (Å²) in [6.45, 7) is 4.61. The van der Waals surface area contributed by atoms with Crippen molar-refractivity contribution in [2.24, 2.45) is 0 Å². The van der Waals surface area contributed by atoms with E-state index in [1.165, 1.54) is 5.56 Å². The summed E-state index contributed by atoms with van der Waals surface area (Å²) in [5, 5.41) is 0.599. The molecule has 0 radical (unpaired) electrons. The van der Waals surface area contributed by atoms with Gasteiger partial charge in [-0.1, -0.05) is 53.9 Å². The van der Waals surface area contributed by atoms with E-state index in [0.29, 0.717) is 17.4 Å². The van der Waals surface area contributed by atoms with Crippen molar-refractivity contribution in [3.8, 4) is 29.6 Å². The van der Waals surface area contributed by atoms with Crippen LogP contribution in [0.2, 0.25) is 5.02 Å². The van der Waals surface area contributed by atoms with Gasteiger partial charge < -0.3 is 9.47 Å². The predicted molar refractivity (Wildman–Crippen MR) is 125 cm³/mol. The second-order valence-electron chi connectivity index (χ2n) is 7.47. The van der Waals surface area contributed by atoms with E-state index in [1.54, 1.807) is 0 Å². The smallest absolute Gasteiger partial charge is 0.137 e. The molecule has 30 heavy (non-hydrogen) atoms. The highest BCUT2D eigenvalue weighted by atomic mass is 35.5. The van der Waals surface area contributed by atoms with Gasteiger partial charge in [0.15, 0.2) is 0 Å². The van der Waals surface area contributed by atoms with Gasteiger partial charge in [0.1, 0.15) is 17.2 Å². The maximum absolute atomic E-state index is 6.38. The number of hydrogen-bond donors (Lipinski definition) is 0. The zero-order chi connectivity index (χ0) is 21.4. The molecule has 0 heterocycles. The summed E-state index contributed by atoms with van der Waals surface area (Å²) in [6.07, 6.45) is 8.67. The third-order valence-electron chi connectivity index (χ3n) is 5.21. The van der Waals surface area contributed by atoms with Gasteiger partial charge in [0.05, 0.1) is 17.0 Å². The van der Waals surface area contributed by atoms with Gasteiger partial charge in [0.2, 0.25) is 0 Å². The van der Waals surface area contributed by atoms with Gasteiger partial charge in [-0.05, 0) is 80.6 Å². The molecule has 3 rings (SSSR count).